The molecule has 0 saturated carbocycles. The Morgan fingerprint density at radius 2 is 0.929 bits per heavy atom. The Morgan fingerprint density at radius 1 is 0.607 bits per heavy atom. The SMILES string of the molecule is CNc1ccc(C(Cl)(c2ccc(N(C)C)cc2)c2ccc(N(C)C)cc2)cc1. The molecule has 3 nitrogen and oxygen atoms in total. The van der Waals surface area contributed by atoms with Gasteiger partial charge in [0.05, 0.1) is 0 Å². The standard InChI is InChI=1S/C24H28ClN3/c1-26-21-12-6-18(7-13-21)24(25,19-8-14-22(15-9-19)27(2)3)20-10-16-23(17-11-20)28(4)5/h6-17,26H,1-5H3. The maximum absolute atomic E-state index is 7.43. The summed E-state index contributed by atoms with van der Waals surface area (Å²) in [5.74, 6) is 0. The van der Waals surface area contributed by atoms with Crippen LogP contribution in [0.1, 0.15) is 16.7 Å². The highest BCUT2D eigenvalue weighted by Crippen LogP contribution is 2.44. The fourth-order valence-electron chi connectivity index (χ4n) is 3.35. The zero-order chi connectivity index (χ0) is 20.3. The van der Waals surface area contributed by atoms with Crippen molar-refractivity contribution in [3.63, 3.8) is 0 Å². The van der Waals surface area contributed by atoms with E-state index < -0.39 is 4.87 Å². The lowest BCUT2D eigenvalue weighted by Crippen LogP contribution is -2.23. The molecule has 0 heterocycles. The van der Waals surface area contributed by atoms with E-state index in [-0.39, 0.29) is 0 Å². The molecule has 28 heavy (non-hydrogen) atoms. The Balaban J connectivity index is 2.14. The summed E-state index contributed by atoms with van der Waals surface area (Å²) in [6.45, 7) is 0. The summed E-state index contributed by atoms with van der Waals surface area (Å²) >= 11 is 7.43. The lowest BCUT2D eigenvalue weighted by molar-refractivity contribution is 0.878. The monoisotopic (exact) mass is 393 g/mol. The van der Waals surface area contributed by atoms with Gasteiger partial charge in [-0.1, -0.05) is 36.4 Å². The number of hydrogen-bond acceptors (Lipinski definition) is 3. The first-order chi connectivity index (χ1) is 13.4. The van der Waals surface area contributed by atoms with Crippen LogP contribution in [0.25, 0.3) is 0 Å². The number of hydrogen-bond donors (Lipinski definition) is 1. The minimum absolute atomic E-state index is 0.762. The van der Waals surface area contributed by atoms with Crippen molar-refractivity contribution < 1.29 is 0 Å². The van der Waals surface area contributed by atoms with Crippen LogP contribution in [-0.4, -0.2) is 35.2 Å². The quantitative estimate of drug-likeness (QED) is 0.447. The molecule has 0 spiro atoms. The number of halogens is 1. The van der Waals surface area contributed by atoms with Crippen LogP contribution in [0.15, 0.2) is 72.8 Å². The van der Waals surface area contributed by atoms with Crippen LogP contribution in [0.5, 0.6) is 0 Å². The van der Waals surface area contributed by atoms with Gasteiger partial charge >= 0.3 is 0 Å². The molecule has 0 fully saturated rings. The molecule has 0 atom stereocenters. The third-order valence-corrected chi connectivity index (χ3v) is 5.79. The molecule has 0 bridgehead atoms. The van der Waals surface area contributed by atoms with E-state index in [9.17, 15) is 0 Å². The van der Waals surface area contributed by atoms with Crippen LogP contribution in [0.4, 0.5) is 17.1 Å². The van der Waals surface area contributed by atoms with Crippen LogP contribution in [-0.2, 0) is 4.87 Å². The van der Waals surface area contributed by atoms with Crippen molar-refractivity contribution >= 4 is 28.7 Å². The minimum Gasteiger partial charge on any atom is -0.388 e. The van der Waals surface area contributed by atoms with Gasteiger partial charge in [0.2, 0.25) is 0 Å². The van der Waals surface area contributed by atoms with Crippen molar-refractivity contribution in [3.8, 4) is 0 Å². The smallest absolute Gasteiger partial charge is 0.119 e. The average molecular weight is 394 g/mol. The molecule has 0 aromatic heterocycles. The summed E-state index contributed by atoms with van der Waals surface area (Å²) in [4.78, 5) is 3.42. The predicted molar refractivity (Wildman–Crippen MR) is 123 cm³/mol. The maximum atomic E-state index is 7.43. The lowest BCUT2D eigenvalue weighted by atomic mass is 9.84. The summed E-state index contributed by atoms with van der Waals surface area (Å²) in [6, 6.07) is 25.3. The highest BCUT2D eigenvalue weighted by molar-refractivity contribution is 6.28. The predicted octanol–water partition coefficient (Wildman–Crippen LogP) is 5.39. The number of alkyl halides is 1. The molecule has 4 heteroatoms. The van der Waals surface area contributed by atoms with Gasteiger partial charge in [0.15, 0.2) is 0 Å². The zero-order valence-electron chi connectivity index (χ0n) is 17.2. The fourth-order valence-corrected chi connectivity index (χ4v) is 3.72. The van der Waals surface area contributed by atoms with Gasteiger partial charge in [-0.3, -0.25) is 0 Å². The number of nitrogens with one attached hydrogen (secondary N) is 1. The molecule has 0 amide bonds. The molecule has 3 rings (SSSR count). The zero-order valence-corrected chi connectivity index (χ0v) is 18.0. The van der Waals surface area contributed by atoms with E-state index in [1.165, 1.54) is 0 Å². The van der Waals surface area contributed by atoms with Crippen LogP contribution < -0.4 is 15.1 Å². The molecular formula is C24H28ClN3. The average Bonchev–Trinajstić information content (AvgIpc) is 2.73. The number of anilines is 3. The molecule has 0 radical (unpaired) electrons. The molecule has 146 valence electrons. The summed E-state index contributed by atoms with van der Waals surface area (Å²) in [5.41, 5.74) is 6.51. The van der Waals surface area contributed by atoms with Crippen LogP contribution in [0, 0.1) is 0 Å². The first-order valence-electron chi connectivity index (χ1n) is 9.39. The normalized spacial score (nSPS) is 11.2. The van der Waals surface area contributed by atoms with Crippen LogP contribution in [0.2, 0.25) is 0 Å². The number of rotatable bonds is 6. The van der Waals surface area contributed by atoms with E-state index in [4.69, 9.17) is 11.6 Å². The summed E-state index contributed by atoms with van der Waals surface area (Å²) < 4.78 is 0. The van der Waals surface area contributed by atoms with E-state index in [1.54, 1.807) is 0 Å². The maximum Gasteiger partial charge on any atom is 0.119 e. The van der Waals surface area contributed by atoms with Crippen molar-refractivity contribution in [2.75, 3.05) is 50.4 Å². The van der Waals surface area contributed by atoms with E-state index in [0.29, 0.717) is 0 Å². The molecule has 3 aromatic rings. The lowest BCUT2D eigenvalue weighted by Gasteiger charge is -2.30. The molecule has 0 aliphatic carbocycles. The minimum atomic E-state index is -0.762. The highest BCUT2D eigenvalue weighted by atomic mass is 35.5. The fraction of sp³-hybridized carbons (Fsp3) is 0.250. The van der Waals surface area contributed by atoms with Gasteiger partial charge in [-0.15, -0.1) is 11.6 Å². The van der Waals surface area contributed by atoms with Gasteiger partial charge in [-0.2, -0.15) is 0 Å². The van der Waals surface area contributed by atoms with E-state index in [2.05, 4.69) is 87.9 Å². The van der Waals surface area contributed by atoms with E-state index in [0.717, 1.165) is 33.8 Å². The van der Waals surface area contributed by atoms with Gasteiger partial charge < -0.3 is 15.1 Å². The summed E-state index contributed by atoms with van der Waals surface area (Å²) in [6.07, 6.45) is 0. The Bertz CT molecular complexity index is 847. The number of benzene rings is 3. The molecule has 0 saturated heterocycles. The van der Waals surface area contributed by atoms with E-state index >= 15 is 0 Å². The first-order valence-corrected chi connectivity index (χ1v) is 9.77. The Kier molecular flexibility index (Phi) is 5.85. The largest absolute Gasteiger partial charge is 0.388 e. The number of nitrogens with zero attached hydrogens (tertiary/aromatic N) is 2. The second-order valence-corrected chi connectivity index (χ2v) is 7.94. The molecule has 0 aliphatic rings. The van der Waals surface area contributed by atoms with Crippen molar-refractivity contribution in [2.24, 2.45) is 0 Å². The highest BCUT2D eigenvalue weighted by Gasteiger charge is 2.34. The topological polar surface area (TPSA) is 18.5 Å². The third kappa shape index (κ3) is 3.81. The molecular weight excluding hydrogens is 366 g/mol. The van der Waals surface area contributed by atoms with Gasteiger partial charge in [0, 0.05) is 52.3 Å². The third-order valence-electron chi connectivity index (χ3n) is 5.13. The van der Waals surface area contributed by atoms with Crippen molar-refractivity contribution in [2.45, 2.75) is 4.87 Å². The Hall–Kier alpha value is -2.65. The van der Waals surface area contributed by atoms with Gasteiger partial charge in [0.25, 0.3) is 0 Å². The molecule has 3 aromatic carbocycles. The Morgan fingerprint density at radius 3 is 1.21 bits per heavy atom. The summed E-state index contributed by atoms with van der Waals surface area (Å²) in [7, 11) is 10.1. The van der Waals surface area contributed by atoms with Crippen molar-refractivity contribution in [1.82, 2.24) is 0 Å². The van der Waals surface area contributed by atoms with Crippen molar-refractivity contribution in [1.29, 1.82) is 0 Å². The van der Waals surface area contributed by atoms with Crippen molar-refractivity contribution in [3.05, 3.63) is 89.5 Å². The van der Waals surface area contributed by atoms with Gasteiger partial charge in [0.1, 0.15) is 4.87 Å². The molecule has 1 N–H and O–H groups in total. The van der Waals surface area contributed by atoms with Crippen LogP contribution >= 0.6 is 11.6 Å². The second-order valence-electron chi connectivity index (χ2n) is 7.37. The first kappa shape index (κ1) is 20.1. The summed E-state index contributed by atoms with van der Waals surface area (Å²) in [5, 5.41) is 3.17. The Labute approximate surface area is 173 Å². The van der Waals surface area contributed by atoms with Gasteiger partial charge in [-0.05, 0) is 53.1 Å². The van der Waals surface area contributed by atoms with Gasteiger partial charge in [-0.25, -0.2) is 0 Å². The van der Waals surface area contributed by atoms with E-state index in [1.807, 2.05) is 35.2 Å². The second kappa shape index (κ2) is 8.15. The molecule has 0 unspecified atom stereocenters. The molecule has 0 aliphatic heterocycles. The van der Waals surface area contributed by atoms with Crippen LogP contribution in [0.3, 0.4) is 0 Å².